The van der Waals surface area contributed by atoms with Gasteiger partial charge in [-0.3, -0.25) is 9.36 Å². The van der Waals surface area contributed by atoms with Crippen LogP contribution in [0.1, 0.15) is 5.56 Å². The number of rotatable bonds is 6. The Kier molecular flexibility index (Phi) is 5.30. The lowest BCUT2D eigenvalue weighted by molar-refractivity contribution is -0.121. The fraction of sp³-hybridized carbons (Fsp3) is 0.136. The molecule has 0 radical (unpaired) electrons. The molecule has 0 bridgehead atoms. The Morgan fingerprint density at radius 1 is 1.13 bits per heavy atom. The van der Waals surface area contributed by atoms with E-state index in [-0.39, 0.29) is 30.5 Å². The third-order valence-electron chi connectivity index (χ3n) is 4.70. The molecule has 1 N–H and O–H groups in total. The lowest BCUT2D eigenvalue weighted by Crippen LogP contribution is -2.32. The smallest absolute Gasteiger partial charge is 0.335 e. The number of hydrogen-bond donors (Lipinski definition) is 1. The molecule has 2 aromatic heterocycles. The summed E-state index contributed by atoms with van der Waals surface area (Å²) in [5.74, 6) is -0.0641. The molecule has 0 saturated carbocycles. The predicted octanol–water partition coefficient (Wildman–Crippen LogP) is 2.65. The lowest BCUT2D eigenvalue weighted by atomic mass is 10.2. The molecule has 7 nitrogen and oxygen atoms in total. The number of aromatic nitrogens is 3. The standard InChI is InChI=1S/C22H19FN4O3/c1-30-18-9-7-17(8-10-18)27-21-19(6-3-11-24-21)26(22(27)29)14-20(28)25-13-15-4-2-5-16(23)12-15/h2-12H,13-14H2,1H3,(H,25,28). The van der Waals surface area contributed by atoms with Crippen molar-refractivity contribution in [3.8, 4) is 11.4 Å². The summed E-state index contributed by atoms with van der Waals surface area (Å²) in [6, 6.07) is 16.4. The number of nitrogens with zero attached hydrogens (tertiary/aromatic N) is 3. The second kappa shape index (κ2) is 8.20. The molecular weight excluding hydrogens is 387 g/mol. The summed E-state index contributed by atoms with van der Waals surface area (Å²) in [6.07, 6.45) is 1.59. The van der Waals surface area contributed by atoms with Crippen LogP contribution in [-0.2, 0) is 17.9 Å². The van der Waals surface area contributed by atoms with E-state index in [0.717, 1.165) is 0 Å². The zero-order valence-corrected chi connectivity index (χ0v) is 16.2. The Bertz CT molecular complexity index is 1260. The van der Waals surface area contributed by atoms with Crippen molar-refractivity contribution in [2.45, 2.75) is 13.1 Å². The van der Waals surface area contributed by atoms with E-state index >= 15 is 0 Å². The van der Waals surface area contributed by atoms with E-state index in [1.54, 1.807) is 61.8 Å². The van der Waals surface area contributed by atoms with Gasteiger partial charge in [0.2, 0.25) is 5.91 Å². The number of ether oxygens (including phenoxy) is 1. The number of benzene rings is 2. The third kappa shape index (κ3) is 3.80. The Morgan fingerprint density at radius 3 is 2.67 bits per heavy atom. The largest absolute Gasteiger partial charge is 0.497 e. The van der Waals surface area contributed by atoms with E-state index < -0.39 is 0 Å². The van der Waals surface area contributed by atoms with Gasteiger partial charge >= 0.3 is 5.69 Å². The molecule has 2 heterocycles. The second-order valence-electron chi connectivity index (χ2n) is 6.65. The third-order valence-corrected chi connectivity index (χ3v) is 4.70. The highest BCUT2D eigenvalue weighted by molar-refractivity contribution is 5.80. The minimum absolute atomic E-state index is 0.167. The van der Waals surface area contributed by atoms with Crippen LogP contribution in [0.3, 0.4) is 0 Å². The molecule has 0 unspecified atom stereocenters. The SMILES string of the molecule is COc1ccc(-n2c(=O)n(CC(=O)NCc3cccc(F)c3)c3cccnc32)cc1. The maximum absolute atomic E-state index is 13.3. The topological polar surface area (TPSA) is 78.1 Å². The Labute approximate surface area is 171 Å². The van der Waals surface area contributed by atoms with Crippen LogP contribution in [0.5, 0.6) is 5.75 Å². The summed E-state index contributed by atoms with van der Waals surface area (Å²) < 4.78 is 21.3. The van der Waals surface area contributed by atoms with Gasteiger partial charge in [0.15, 0.2) is 5.65 Å². The Balaban J connectivity index is 1.63. The number of methoxy groups -OCH3 is 1. The van der Waals surface area contributed by atoms with Crippen LogP contribution in [-0.4, -0.2) is 27.1 Å². The van der Waals surface area contributed by atoms with E-state index in [2.05, 4.69) is 10.3 Å². The molecule has 2 aromatic carbocycles. The van der Waals surface area contributed by atoms with Gasteiger partial charge in [0.05, 0.1) is 18.3 Å². The molecule has 4 rings (SSSR count). The number of amides is 1. The molecule has 152 valence electrons. The second-order valence-corrected chi connectivity index (χ2v) is 6.65. The van der Waals surface area contributed by atoms with Crippen molar-refractivity contribution in [2.75, 3.05) is 7.11 Å². The van der Waals surface area contributed by atoms with E-state index in [4.69, 9.17) is 4.74 Å². The number of nitrogens with one attached hydrogen (secondary N) is 1. The van der Waals surface area contributed by atoms with Gasteiger partial charge in [-0.2, -0.15) is 0 Å². The van der Waals surface area contributed by atoms with Crippen molar-refractivity contribution >= 4 is 17.1 Å². The molecule has 4 aromatic rings. The van der Waals surface area contributed by atoms with Crippen molar-refractivity contribution < 1.29 is 13.9 Å². The van der Waals surface area contributed by atoms with Crippen molar-refractivity contribution in [2.24, 2.45) is 0 Å². The summed E-state index contributed by atoms with van der Waals surface area (Å²) >= 11 is 0. The first-order valence-corrected chi connectivity index (χ1v) is 9.28. The predicted molar refractivity (Wildman–Crippen MR) is 110 cm³/mol. The number of pyridine rings is 1. The fourth-order valence-electron chi connectivity index (χ4n) is 3.25. The number of imidazole rings is 1. The van der Waals surface area contributed by atoms with Gasteiger partial charge in [-0.25, -0.2) is 18.7 Å². The highest BCUT2D eigenvalue weighted by Gasteiger charge is 2.17. The highest BCUT2D eigenvalue weighted by Crippen LogP contribution is 2.18. The van der Waals surface area contributed by atoms with Crippen molar-refractivity contribution in [1.29, 1.82) is 0 Å². The Morgan fingerprint density at radius 2 is 1.93 bits per heavy atom. The zero-order chi connectivity index (χ0) is 21.1. The molecule has 1 amide bonds. The van der Waals surface area contributed by atoms with Gasteiger partial charge in [-0.05, 0) is 54.1 Å². The molecule has 0 aliphatic rings. The summed E-state index contributed by atoms with van der Waals surface area (Å²) in [6.45, 7) is -0.0137. The minimum Gasteiger partial charge on any atom is -0.497 e. The molecule has 0 aliphatic carbocycles. The molecule has 0 saturated heterocycles. The zero-order valence-electron chi connectivity index (χ0n) is 16.2. The summed E-state index contributed by atoms with van der Waals surface area (Å²) in [5.41, 5.74) is 1.86. The van der Waals surface area contributed by atoms with Crippen molar-refractivity contribution in [1.82, 2.24) is 19.4 Å². The molecule has 0 fully saturated rings. The van der Waals surface area contributed by atoms with E-state index in [0.29, 0.717) is 28.2 Å². The van der Waals surface area contributed by atoms with Gasteiger partial charge in [-0.15, -0.1) is 0 Å². The number of fused-ring (bicyclic) bond motifs is 1. The average Bonchev–Trinajstić information content (AvgIpc) is 3.04. The van der Waals surface area contributed by atoms with E-state index in [9.17, 15) is 14.0 Å². The molecular formula is C22H19FN4O3. The van der Waals surface area contributed by atoms with E-state index in [1.807, 2.05) is 0 Å². The molecule has 0 spiro atoms. The number of carbonyl (C=O) groups is 1. The summed E-state index contributed by atoms with van der Waals surface area (Å²) in [7, 11) is 1.57. The van der Waals surface area contributed by atoms with Gasteiger partial charge < -0.3 is 10.1 Å². The number of halogens is 1. The van der Waals surface area contributed by atoms with E-state index in [1.165, 1.54) is 21.3 Å². The van der Waals surface area contributed by atoms with Gasteiger partial charge in [0.25, 0.3) is 0 Å². The average molecular weight is 406 g/mol. The normalized spacial score (nSPS) is 10.9. The quantitative estimate of drug-likeness (QED) is 0.534. The van der Waals surface area contributed by atoms with Crippen LogP contribution >= 0.6 is 0 Å². The first kappa shape index (κ1) is 19.4. The first-order valence-electron chi connectivity index (χ1n) is 9.28. The van der Waals surface area contributed by atoms with Crippen molar-refractivity contribution in [3.63, 3.8) is 0 Å². The molecule has 0 atom stereocenters. The van der Waals surface area contributed by atoms with Crippen molar-refractivity contribution in [3.05, 3.63) is 88.7 Å². The maximum Gasteiger partial charge on any atom is 0.335 e. The molecule has 30 heavy (non-hydrogen) atoms. The first-order chi connectivity index (χ1) is 14.6. The number of hydrogen-bond acceptors (Lipinski definition) is 4. The van der Waals surface area contributed by atoms with Gasteiger partial charge in [0.1, 0.15) is 18.1 Å². The lowest BCUT2D eigenvalue weighted by Gasteiger charge is -2.06. The number of carbonyl (C=O) groups excluding carboxylic acids is 1. The molecule has 0 aliphatic heterocycles. The van der Waals surface area contributed by atoms with Crippen LogP contribution in [0.2, 0.25) is 0 Å². The maximum atomic E-state index is 13.3. The Hall–Kier alpha value is -3.94. The van der Waals surface area contributed by atoms with Crippen LogP contribution in [0, 0.1) is 5.82 Å². The minimum atomic E-state index is -0.380. The van der Waals surface area contributed by atoms with Crippen LogP contribution in [0.25, 0.3) is 16.9 Å². The van der Waals surface area contributed by atoms with Crippen LogP contribution in [0.4, 0.5) is 4.39 Å². The summed E-state index contributed by atoms with van der Waals surface area (Å²) in [4.78, 5) is 29.9. The summed E-state index contributed by atoms with van der Waals surface area (Å²) in [5, 5.41) is 2.72. The van der Waals surface area contributed by atoms with Gasteiger partial charge in [-0.1, -0.05) is 12.1 Å². The van der Waals surface area contributed by atoms with Crippen LogP contribution < -0.4 is 15.7 Å². The monoisotopic (exact) mass is 406 g/mol. The highest BCUT2D eigenvalue weighted by atomic mass is 19.1. The fourth-order valence-corrected chi connectivity index (χ4v) is 3.25. The molecule has 8 heteroatoms. The van der Waals surface area contributed by atoms with Gasteiger partial charge in [0, 0.05) is 12.7 Å². The van der Waals surface area contributed by atoms with Crippen LogP contribution in [0.15, 0.2) is 71.7 Å².